The highest BCUT2D eigenvalue weighted by molar-refractivity contribution is 7.13. The number of benzene rings is 1. The number of thiazole rings is 1. The van der Waals surface area contributed by atoms with Gasteiger partial charge in [-0.2, -0.15) is 0 Å². The van der Waals surface area contributed by atoms with Gasteiger partial charge in [0, 0.05) is 13.1 Å². The van der Waals surface area contributed by atoms with E-state index in [1.165, 1.54) is 0 Å². The molecule has 2 heterocycles. The van der Waals surface area contributed by atoms with E-state index in [1.54, 1.807) is 16.2 Å². The number of halogens is 1. The minimum absolute atomic E-state index is 0.184. The topological polar surface area (TPSA) is 91.4 Å². The van der Waals surface area contributed by atoms with Crippen LogP contribution in [0.1, 0.15) is 57.7 Å². The summed E-state index contributed by atoms with van der Waals surface area (Å²) in [6.07, 6.45) is 1.62. The molecule has 2 N–H and O–H groups in total. The van der Waals surface area contributed by atoms with Crippen molar-refractivity contribution >= 4 is 29.1 Å². The molecule has 4 rings (SSSR count). The molecule has 2 atom stereocenters. The second-order valence-corrected chi connectivity index (χ2v) is 11.5. The Morgan fingerprint density at radius 1 is 1.23 bits per heavy atom. The van der Waals surface area contributed by atoms with Gasteiger partial charge in [-0.1, -0.05) is 45.0 Å². The molecule has 0 bridgehead atoms. The maximum Gasteiger partial charge on any atom is 0.258 e. The third-order valence-corrected chi connectivity index (χ3v) is 7.73. The average molecular weight is 501 g/mol. The highest BCUT2D eigenvalue weighted by Gasteiger charge is 2.53. The summed E-state index contributed by atoms with van der Waals surface area (Å²) in [5, 5.41) is 5.59. The molecule has 3 amide bonds. The van der Waals surface area contributed by atoms with E-state index in [2.05, 4.69) is 15.6 Å². The summed E-state index contributed by atoms with van der Waals surface area (Å²) < 4.78 is 14.3. The number of alkyl halides is 1. The van der Waals surface area contributed by atoms with Crippen LogP contribution in [0.3, 0.4) is 0 Å². The molecule has 1 aromatic heterocycles. The van der Waals surface area contributed by atoms with Crippen molar-refractivity contribution < 1.29 is 18.8 Å². The third kappa shape index (κ3) is 5.55. The predicted molar refractivity (Wildman–Crippen MR) is 133 cm³/mol. The van der Waals surface area contributed by atoms with Gasteiger partial charge in [-0.25, -0.2) is 9.37 Å². The summed E-state index contributed by atoms with van der Waals surface area (Å²) in [5.74, 6) is -1.29. The van der Waals surface area contributed by atoms with E-state index in [0.717, 1.165) is 21.7 Å². The monoisotopic (exact) mass is 500 g/mol. The molecule has 0 spiro atoms. The van der Waals surface area contributed by atoms with Gasteiger partial charge in [0.2, 0.25) is 11.8 Å². The van der Waals surface area contributed by atoms with Crippen LogP contribution in [0.4, 0.5) is 4.39 Å². The first-order valence-corrected chi connectivity index (χ1v) is 12.9. The number of carbonyl (C=O) groups excluding carboxylic acids is 3. The number of rotatable bonds is 7. The summed E-state index contributed by atoms with van der Waals surface area (Å²) in [7, 11) is 0. The average Bonchev–Trinajstić information content (AvgIpc) is 3.20. The third-order valence-electron chi connectivity index (χ3n) is 6.75. The van der Waals surface area contributed by atoms with E-state index in [1.807, 2.05) is 57.5 Å². The molecule has 1 aromatic carbocycles. The maximum absolute atomic E-state index is 14.3. The number of nitrogens with one attached hydrogen (secondary N) is 2. The molecule has 1 aliphatic heterocycles. The summed E-state index contributed by atoms with van der Waals surface area (Å²) in [6, 6.07) is 6.47. The summed E-state index contributed by atoms with van der Waals surface area (Å²) in [5.41, 5.74) is 2.37. The molecule has 1 aliphatic carbocycles. The van der Waals surface area contributed by atoms with Gasteiger partial charge in [-0.3, -0.25) is 14.4 Å². The van der Waals surface area contributed by atoms with Crippen molar-refractivity contribution in [3.05, 3.63) is 41.0 Å². The van der Waals surface area contributed by atoms with Crippen LogP contribution in [0.5, 0.6) is 0 Å². The molecule has 7 nitrogen and oxygen atoms in total. The zero-order valence-corrected chi connectivity index (χ0v) is 21.5. The van der Waals surface area contributed by atoms with Crippen LogP contribution in [0, 0.1) is 12.3 Å². The number of likely N-dealkylation sites (tertiary alicyclic amines) is 1. The lowest BCUT2D eigenvalue weighted by Gasteiger charge is -2.35. The van der Waals surface area contributed by atoms with E-state index in [4.69, 9.17) is 0 Å². The minimum atomic E-state index is -1.86. The Bertz CT molecular complexity index is 1100. The van der Waals surface area contributed by atoms with Crippen molar-refractivity contribution in [1.82, 2.24) is 20.5 Å². The Morgan fingerprint density at radius 2 is 1.91 bits per heavy atom. The normalized spacial score (nSPS) is 19.8. The van der Waals surface area contributed by atoms with Gasteiger partial charge in [-0.15, -0.1) is 11.3 Å². The molecular weight excluding hydrogens is 467 g/mol. The zero-order chi connectivity index (χ0) is 25.4. The van der Waals surface area contributed by atoms with Gasteiger partial charge in [0.05, 0.1) is 16.1 Å². The van der Waals surface area contributed by atoms with Gasteiger partial charge in [-0.05, 0) is 49.1 Å². The quantitative estimate of drug-likeness (QED) is 0.606. The van der Waals surface area contributed by atoms with Crippen molar-refractivity contribution in [3.63, 3.8) is 0 Å². The minimum Gasteiger partial charge on any atom is -0.350 e. The number of aromatic nitrogens is 1. The number of amides is 3. The first-order valence-electron chi connectivity index (χ1n) is 12.1. The van der Waals surface area contributed by atoms with Crippen LogP contribution in [0.25, 0.3) is 10.4 Å². The summed E-state index contributed by atoms with van der Waals surface area (Å²) in [6.45, 7) is 8.25. The van der Waals surface area contributed by atoms with Crippen LogP contribution in [0.15, 0.2) is 29.8 Å². The lowest BCUT2D eigenvalue weighted by Crippen LogP contribution is -2.58. The fraction of sp³-hybridized carbons (Fsp3) is 0.538. The van der Waals surface area contributed by atoms with E-state index < -0.39 is 29.1 Å². The number of carbonyl (C=O) groups is 3. The molecule has 2 unspecified atom stereocenters. The summed E-state index contributed by atoms with van der Waals surface area (Å²) >= 11 is 1.59. The van der Waals surface area contributed by atoms with Crippen LogP contribution >= 0.6 is 11.3 Å². The Hall–Kier alpha value is -2.81. The van der Waals surface area contributed by atoms with Crippen molar-refractivity contribution in [1.29, 1.82) is 0 Å². The second-order valence-electron chi connectivity index (χ2n) is 10.6. The lowest BCUT2D eigenvalue weighted by molar-refractivity contribution is -0.144. The number of aryl methyl sites for hydroxylation is 1. The lowest BCUT2D eigenvalue weighted by atomic mass is 9.85. The molecule has 35 heavy (non-hydrogen) atoms. The van der Waals surface area contributed by atoms with Gasteiger partial charge in [0.25, 0.3) is 5.91 Å². The highest BCUT2D eigenvalue weighted by Crippen LogP contribution is 2.40. The maximum atomic E-state index is 14.3. The van der Waals surface area contributed by atoms with Crippen LogP contribution in [-0.4, -0.2) is 51.9 Å². The van der Waals surface area contributed by atoms with E-state index >= 15 is 0 Å². The molecule has 2 aromatic rings. The van der Waals surface area contributed by atoms with Gasteiger partial charge in [0.1, 0.15) is 12.1 Å². The molecule has 188 valence electrons. The Labute approximate surface area is 209 Å². The fourth-order valence-corrected chi connectivity index (χ4v) is 5.19. The Kier molecular flexibility index (Phi) is 6.99. The smallest absolute Gasteiger partial charge is 0.258 e. The first kappa shape index (κ1) is 25.3. The molecule has 0 radical (unpaired) electrons. The van der Waals surface area contributed by atoms with Crippen molar-refractivity contribution in [2.24, 2.45) is 5.41 Å². The van der Waals surface area contributed by atoms with Gasteiger partial charge in [0.15, 0.2) is 5.67 Å². The Balaban J connectivity index is 1.39. The zero-order valence-electron chi connectivity index (χ0n) is 20.7. The Morgan fingerprint density at radius 3 is 2.49 bits per heavy atom. The first-order chi connectivity index (χ1) is 16.5. The number of hydrogen-bond acceptors (Lipinski definition) is 5. The summed E-state index contributed by atoms with van der Waals surface area (Å²) in [4.78, 5) is 45.8. The predicted octanol–water partition coefficient (Wildman–Crippen LogP) is 3.76. The van der Waals surface area contributed by atoms with Crippen LogP contribution in [0.2, 0.25) is 0 Å². The SMILES string of the molecule is Cc1ncsc1-c1ccc(CNC(=O)C2CCCN2C(=O)C(NC(=O)C2(F)CC2)C(C)(C)C)cc1. The molecule has 2 aliphatic rings. The second kappa shape index (κ2) is 9.68. The van der Waals surface area contributed by atoms with E-state index in [0.29, 0.717) is 25.9 Å². The van der Waals surface area contributed by atoms with Crippen LogP contribution in [-0.2, 0) is 20.9 Å². The molecule has 2 fully saturated rings. The van der Waals surface area contributed by atoms with Crippen LogP contribution < -0.4 is 10.6 Å². The molecule has 1 saturated heterocycles. The van der Waals surface area contributed by atoms with Gasteiger partial charge < -0.3 is 15.5 Å². The number of hydrogen-bond donors (Lipinski definition) is 2. The number of nitrogens with zero attached hydrogens (tertiary/aromatic N) is 2. The van der Waals surface area contributed by atoms with Gasteiger partial charge >= 0.3 is 0 Å². The highest BCUT2D eigenvalue weighted by atomic mass is 32.1. The molecular formula is C26H33FN4O3S. The fourth-order valence-electron chi connectivity index (χ4n) is 4.37. The molecule has 9 heteroatoms. The van der Waals surface area contributed by atoms with E-state index in [9.17, 15) is 18.8 Å². The van der Waals surface area contributed by atoms with Crippen molar-refractivity contribution in [2.75, 3.05) is 6.54 Å². The van der Waals surface area contributed by atoms with Crippen molar-refractivity contribution in [2.45, 2.75) is 77.7 Å². The molecule has 1 saturated carbocycles. The largest absolute Gasteiger partial charge is 0.350 e. The standard InChI is InChI=1S/C26H33FN4O3S/c1-16-20(35-15-29-16)18-9-7-17(8-10-18)14-28-22(32)19-6-5-13-31(19)23(33)21(25(2,3)4)30-24(34)26(27)11-12-26/h7-10,15,19,21H,5-6,11-14H2,1-4H3,(H,28,32)(H,30,34). The van der Waals surface area contributed by atoms with Crippen molar-refractivity contribution in [3.8, 4) is 10.4 Å². The van der Waals surface area contributed by atoms with E-state index in [-0.39, 0.29) is 24.7 Å².